The van der Waals surface area contributed by atoms with Crippen LogP contribution in [0.5, 0.6) is 0 Å². The lowest BCUT2D eigenvalue weighted by Gasteiger charge is -2.31. The molecule has 0 aromatic rings. The maximum atomic E-state index is 11.9. The molecule has 1 aliphatic carbocycles. The first-order valence-electron chi connectivity index (χ1n) is 7.14. The SMILES string of the molecule is CC(C)(C)C(=O)ON1CCC(C(=O)NC2CC2)CC1. The van der Waals surface area contributed by atoms with Crippen LogP contribution < -0.4 is 5.32 Å². The number of nitrogens with zero attached hydrogens (tertiary/aromatic N) is 1. The van der Waals surface area contributed by atoms with Crippen molar-refractivity contribution in [1.29, 1.82) is 0 Å². The molecule has 1 amide bonds. The number of hydrogen-bond donors (Lipinski definition) is 1. The van der Waals surface area contributed by atoms with Gasteiger partial charge in [0, 0.05) is 25.0 Å². The van der Waals surface area contributed by atoms with E-state index in [1.54, 1.807) is 5.06 Å². The second-order valence-corrected chi connectivity index (χ2v) is 6.61. The van der Waals surface area contributed by atoms with Gasteiger partial charge in [-0.25, -0.2) is 4.79 Å². The molecule has 5 heteroatoms. The monoisotopic (exact) mass is 268 g/mol. The molecule has 1 heterocycles. The van der Waals surface area contributed by atoms with Crippen LogP contribution in [0.2, 0.25) is 0 Å². The lowest BCUT2D eigenvalue weighted by atomic mass is 9.96. The van der Waals surface area contributed by atoms with E-state index >= 15 is 0 Å². The Balaban J connectivity index is 1.72. The predicted octanol–water partition coefficient (Wildman–Crippen LogP) is 1.48. The number of nitrogens with one attached hydrogen (secondary N) is 1. The van der Waals surface area contributed by atoms with E-state index in [2.05, 4.69) is 5.32 Å². The number of hydrogen-bond acceptors (Lipinski definition) is 4. The molecule has 2 rings (SSSR count). The fourth-order valence-corrected chi connectivity index (χ4v) is 2.01. The zero-order valence-electron chi connectivity index (χ0n) is 12.1. The van der Waals surface area contributed by atoms with Crippen molar-refractivity contribution >= 4 is 11.9 Å². The van der Waals surface area contributed by atoms with Crippen LogP contribution in [0.3, 0.4) is 0 Å². The van der Waals surface area contributed by atoms with Crippen molar-refractivity contribution in [1.82, 2.24) is 10.4 Å². The van der Waals surface area contributed by atoms with Gasteiger partial charge in [0.1, 0.15) is 0 Å². The van der Waals surface area contributed by atoms with E-state index in [9.17, 15) is 9.59 Å². The molecule has 1 saturated heterocycles. The Labute approximate surface area is 114 Å². The van der Waals surface area contributed by atoms with Crippen molar-refractivity contribution in [2.24, 2.45) is 11.3 Å². The minimum absolute atomic E-state index is 0.0742. The summed E-state index contributed by atoms with van der Waals surface area (Å²) in [5, 5.41) is 4.73. The quantitative estimate of drug-likeness (QED) is 0.842. The van der Waals surface area contributed by atoms with Crippen molar-refractivity contribution in [3.63, 3.8) is 0 Å². The van der Waals surface area contributed by atoms with Crippen molar-refractivity contribution in [2.45, 2.75) is 52.5 Å². The van der Waals surface area contributed by atoms with Crippen molar-refractivity contribution in [3.8, 4) is 0 Å². The van der Waals surface area contributed by atoms with Crippen molar-refractivity contribution in [3.05, 3.63) is 0 Å². The molecular formula is C14H24N2O3. The van der Waals surface area contributed by atoms with Crippen molar-refractivity contribution < 1.29 is 14.4 Å². The maximum absolute atomic E-state index is 11.9. The summed E-state index contributed by atoms with van der Waals surface area (Å²) in [7, 11) is 0. The zero-order valence-corrected chi connectivity index (χ0v) is 12.1. The molecular weight excluding hydrogens is 244 g/mol. The average Bonchev–Trinajstić information content (AvgIpc) is 3.12. The summed E-state index contributed by atoms with van der Waals surface area (Å²) in [6.45, 7) is 6.80. The Morgan fingerprint density at radius 1 is 1.11 bits per heavy atom. The molecule has 0 unspecified atom stereocenters. The third kappa shape index (κ3) is 4.20. The highest BCUT2D eigenvalue weighted by molar-refractivity contribution is 5.79. The van der Waals surface area contributed by atoms with Gasteiger partial charge in [-0.1, -0.05) is 0 Å². The molecule has 0 spiro atoms. The topological polar surface area (TPSA) is 58.6 Å². The molecule has 2 aliphatic rings. The number of carbonyl (C=O) groups is 2. The van der Waals surface area contributed by atoms with E-state index in [0.717, 1.165) is 25.7 Å². The molecule has 19 heavy (non-hydrogen) atoms. The Hall–Kier alpha value is -1.10. The fraction of sp³-hybridized carbons (Fsp3) is 0.857. The minimum atomic E-state index is -0.486. The predicted molar refractivity (Wildman–Crippen MR) is 71.0 cm³/mol. The molecule has 108 valence electrons. The highest BCUT2D eigenvalue weighted by atomic mass is 16.7. The molecule has 0 aromatic carbocycles. The van der Waals surface area contributed by atoms with Crippen LogP contribution in [0.4, 0.5) is 0 Å². The van der Waals surface area contributed by atoms with Gasteiger partial charge in [-0.3, -0.25) is 4.79 Å². The van der Waals surface area contributed by atoms with Crippen LogP contribution in [-0.2, 0) is 14.4 Å². The van der Waals surface area contributed by atoms with Gasteiger partial charge in [0.25, 0.3) is 0 Å². The third-order valence-corrected chi connectivity index (χ3v) is 3.57. The van der Waals surface area contributed by atoms with E-state index in [1.807, 2.05) is 20.8 Å². The smallest absolute Gasteiger partial charge is 0.330 e. The second-order valence-electron chi connectivity index (χ2n) is 6.61. The van der Waals surface area contributed by atoms with Gasteiger partial charge in [-0.15, -0.1) is 5.06 Å². The average molecular weight is 268 g/mol. The van der Waals surface area contributed by atoms with Gasteiger partial charge < -0.3 is 10.2 Å². The lowest BCUT2D eigenvalue weighted by Crippen LogP contribution is -2.43. The Kier molecular flexibility index (Phi) is 4.13. The van der Waals surface area contributed by atoms with E-state index in [1.165, 1.54) is 0 Å². The molecule has 2 fully saturated rings. The maximum Gasteiger partial charge on any atom is 0.330 e. The van der Waals surface area contributed by atoms with E-state index < -0.39 is 5.41 Å². The first-order valence-corrected chi connectivity index (χ1v) is 7.14. The third-order valence-electron chi connectivity index (χ3n) is 3.57. The molecule has 1 N–H and O–H groups in total. The summed E-state index contributed by atoms with van der Waals surface area (Å²) in [4.78, 5) is 29.0. The van der Waals surface area contributed by atoms with Crippen LogP contribution >= 0.6 is 0 Å². The van der Waals surface area contributed by atoms with Gasteiger partial charge >= 0.3 is 5.97 Å². The zero-order chi connectivity index (χ0) is 14.0. The first kappa shape index (κ1) is 14.3. The highest BCUT2D eigenvalue weighted by Crippen LogP contribution is 2.24. The van der Waals surface area contributed by atoms with Gasteiger partial charge in [-0.2, -0.15) is 0 Å². The molecule has 1 saturated carbocycles. The minimum Gasteiger partial charge on any atom is -0.367 e. The Morgan fingerprint density at radius 2 is 1.68 bits per heavy atom. The summed E-state index contributed by atoms with van der Waals surface area (Å²) in [5.41, 5.74) is -0.486. The van der Waals surface area contributed by atoms with Crippen LogP contribution in [0.15, 0.2) is 0 Å². The summed E-state index contributed by atoms with van der Waals surface area (Å²) in [5.74, 6) is 0.0304. The molecule has 0 atom stereocenters. The normalized spacial score (nSPS) is 22.1. The molecule has 0 bridgehead atoms. The Bertz CT molecular complexity index is 350. The van der Waals surface area contributed by atoms with Crippen LogP contribution in [0, 0.1) is 11.3 Å². The number of amides is 1. The van der Waals surface area contributed by atoms with Crippen LogP contribution in [0.1, 0.15) is 46.5 Å². The number of piperidine rings is 1. The van der Waals surface area contributed by atoms with Gasteiger partial charge in [0.05, 0.1) is 5.41 Å². The first-order chi connectivity index (χ1) is 8.86. The van der Waals surface area contributed by atoms with Crippen LogP contribution in [0.25, 0.3) is 0 Å². The van der Waals surface area contributed by atoms with Crippen LogP contribution in [-0.4, -0.2) is 36.1 Å². The molecule has 0 aromatic heterocycles. The summed E-state index contributed by atoms with van der Waals surface area (Å²) in [6, 6.07) is 0.421. The summed E-state index contributed by atoms with van der Waals surface area (Å²) >= 11 is 0. The van der Waals surface area contributed by atoms with Crippen molar-refractivity contribution in [2.75, 3.05) is 13.1 Å². The molecule has 1 aliphatic heterocycles. The Morgan fingerprint density at radius 3 is 2.16 bits per heavy atom. The van der Waals surface area contributed by atoms with E-state index in [4.69, 9.17) is 4.84 Å². The summed E-state index contributed by atoms with van der Waals surface area (Å²) in [6.07, 6.45) is 3.76. The largest absolute Gasteiger partial charge is 0.367 e. The van der Waals surface area contributed by atoms with Gasteiger partial charge in [-0.05, 0) is 46.5 Å². The number of carbonyl (C=O) groups excluding carboxylic acids is 2. The number of rotatable bonds is 3. The standard InChI is InChI=1S/C14H24N2O3/c1-14(2,3)13(18)19-16-8-6-10(7-9-16)12(17)15-11-4-5-11/h10-11H,4-9H2,1-3H3,(H,15,17). The molecule has 5 nitrogen and oxygen atoms in total. The lowest BCUT2D eigenvalue weighted by molar-refractivity contribution is -0.205. The van der Waals surface area contributed by atoms with Gasteiger partial charge in [0.2, 0.25) is 5.91 Å². The van der Waals surface area contributed by atoms with E-state index in [-0.39, 0.29) is 17.8 Å². The number of hydroxylamine groups is 2. The van der Waals surface area contributed by atoms with E-state index in [0.29, 0.717) is 19.1 Å². The molecule has 0 radical (unpaired) electrons. The fourth-order valence-electron chi connectivity index (χ4n) is 2.01. The van der Waals surface area contributed by atoms with Gasteiger partial charge in [0.15, 0.2) is 0 Å². The summed E-state index contributed by atoms with van der Waals surface area (Å²) < 4.78 is 0. The highest BCUT2D eigenvalue weighted by Gasteiger charge is 2.32. The second kappa shape index (κ2) is 5.49.